The van der Waals surface area contributed by atoms with E-state index in [1.807, 2.05) is 14.2 Å². The molecule has 1 aliphatic rings. The van der Waals surface area contributed by atoms with Gasteiger partial charge in [-0.1, -0.05) is 0 Å². The summed E-state index contributed by atoms with van der Waals surface area (Å²) < 4.78 is 13.1. The number of hydrogen-bond donors (Lipinski definition) is 0. The zero-order valence-corrected chi connectivity index (χ0v) is 22.6. The third-order valence-electron chi connectivity index (χ3n) is 3.69. The first-order valence-electron chi connectivity index (χ1n) is 5.94. The zero-order valence-electron chi connectivity index (χ0n) is 10.1. The van der Waals surface area contributed by atoms with E-state index in [9.17, 15) is 0 Å². The van der Waals surface area contributed by atoms with Crippen molar-refractivity contribution in [1.29, 1.82) is 0 Å². The van der Waals surface area contributed by atoms with Crippen LogP contribution < -0.4 is 0 Å². The molecule has 0 bridgehead atoms. The van der Waals surface area contributed by atoms with Crippen LogP contribution in [0.25, 0.3) is 0 Å². The first kappa shape index (κ1) is 16.4. The first-order chi connectivity index (χ1) is 7.76. The van der Waals surface area contributed by atoms with Crippen molar-refractivity contribution in [2.45, 2.75) is 38.8 Å². The number of methoxy groups -OCH3 is 2. The van der Waals surface area contributed by atoms with Crippen LogP contribution in [0.15, 0.2) is 0 Å². The molecule has 1 saturated carbocycles. The van der Waals surface area contributed by atoms with Gasteiger partial charge in [-0.25, -0.2) is 0 Å². The van der Waals surface area contributed by atoms with Gasteiger partial charge in [0.1, 0.15) is 0 Å². The topological polar surface area (TPSA) is 18.5 Å². The van der Waals surface area contributed by atoms with Gasteiger partial charge in [0.25, 0.3) is 0 Å². The fourth-order valence-corrected chi connectivity index (χ4v) is 15.0. The van der Waals surface area contributed by atoms with Gasteiger partial charge in [-0.2, -0.15) is 0 Å². The van der Waals surface area contributed by atoms with Crippen LogP contribution in [0.2, 0.25) is 7.36 Å². The van der Waals surface area contributed by atoms with Crippen LogP contribution in [0.5, 0.6) is 0 Å². The molecular weight excluding hydrogens is 624 g/mol. The summed E-state index contributed by atoms with van der Waals surface area (Å²) in [6, 6.07) is 0. The van der Waals surface area contributed by atoms with Gasteiger partial charge in [0, 0.05) is 0 Å². The van der Waals surface area contributed by atoms with Crippen LogP contribution in [0, 0.1) is 5.92 Å². The second kappa shape index (κ2) is 9.30. The third kappa shape index (κ3) is 4.80. The molecule has 1 aliphatic carbocycles. The summed E-state index contributed by atoms with van der Waals surface area (Å²) in [5.41, 5.74) is 0. The minimum absolute atomic E-state index is 0.393. The van der Waals surface area contributed by atoms with Crippen LogP contribution in [-0.4, -0.2) is 26.4 Å². The van der Waals surface area contributed by atoms with Gasteiger partial charge in [-0.15, -0.1) is 0 Å². The van der Waals surface area contributed by atoms with E-state index in [4.69, 9.17) is 26.0 Å². The van der Waals surface area contributed by atoms with Crippen LogP contribution in [-0.2, 0) is 56.2 Å². The predicted octanol–water partition coefficient (Wildman–Crippen LogP) is 3.50. The predicted molar refractivity (Wildman–Crippen MR) is 59.2 cm³/mol. The monoisotopic (exact) mass is 644 g/mol. The molecule has 0 amide bonds. The summed E-state index contributed by atoms with van der Waals surface area (Å²) in [6.45, 7) is 0. The van der Waals surface area contributed by atoms with E-state index in [1.165, 1.54) is 12.8 Å². The van der Waals surface area contributed by atoms with Gasteiger partial charge >= 0.3 is 132 Å². The SMILES string of the molecule is COC([CH2][Hg][Cl])C1CC[CH]([Hg][Cl])C(OC)C1. The van der Waals surface area contributed by atoms with Crippen molar-refractivity contribution in [3.8, 4) is 0 Å². The molecule has 0 spiro atoms. The number of ether oxygens (including phenoxy) is 2. The fourth-order valence-electron chi connectivity index (χ4n) is 2.68. The van der Waals surface area contributed by atoms with E-state index in [2.05, 4.69) is 0 Å². The molecule has 16 heavy (non-hydrogen) atoms. The molecular formula is C10H18Cl2Hg2O2. The molecule has 4 unspecified atom stereocenters. The van der Waals surface area contributed by atoms with Gasteiger partial charge in [0.15, 0.2) is 0 Å². The molecule has 88 valence electrons. The summed E-state index contributed by atoms with van der Waals surface area (Å²) >= 11 is -2.26. The fraction of sp³-hybridized carbons (Fsp3) is 1.00. The van der Waals surface area contributed by atoms with E-state index in [0.717, 1.165) is 13.8 Å². The quantitative estimate of drug-likeness (QED) is 0.414. The minimum atomic E-state index is -1.16. The summed E-state index contributed by atoms with van der Waals surface area (Å²) in [4.78, 5) is 0. The molecule has 1 fully saturated rings. The number of rotatable bonds is 6. The normalized spacial score (nSPS) is 31.6. The Hall–Kier alpha value is 2.37. The molecule has 0 N–H and O–H groups in total. The second-order valence-electron chi connectivity index (χ2n) is 4.51. The van der Waals surface area contributed by atoms with Crippen molar-refractivity contribution < 1.29 is 56.2 Å². The van der Waals surface area contributed by atoms with Gasteiger partial charge in [0.05, 0.1) is 0 Å². The second-order valence-corrected chi connectivity index (χ2v) is 19.5. The maximum absolute atomic E-state index is 6.18. The standard InChI is InChI=1S/C10H18O2.2ClH.2Hg/c1-8(11-2)9-5-4-6-10(7-9)12-3;;;;/h6,8-10H,1,4-5,7H2,2-3H3;2*1H;;/q;;;2*+1/p-2. The summed E-state index contributed by atoms with van der Waals surface area (Å²) in [5.74, 6) is 0.654. The Balaban J connectivity index is 2.51. The number of halogens is 2. The van der Waals surface area contributed by atoms with Gasteiger partial charge in [0.2, 0.25) is 0 Å². The van der Waals surface area contributed by atoms with E-state index in [0.29, 0.717) is 18.1 Å². The number of hydrogen-bond acceptors (Lipinski definition) is 2. The Morgan fingerprint density at radius 1 is 1.31 bits per heavy atom. The molecule has 2 nitrogen and oxygen atoms in total. The van der Waals surface area contributed by atoms with Crippen molar-refractivity contribution in [3.63, 3.8) is 0 Å². The van der Waals surface area contributed by atoms with E-state index in [-0.39, 0.29) is 0 Å². The Kier molecular flexibility index (Phi) is 9.55. The molecule has 0 aromatic heterocycles. The molecule has 1 rings (SSSR count). The van der Waals surface area contributed by atoms with Gasteiger partial charge in [-0.3, -0.25) is 0 Å². The van der Waals surface area contributed by atoms with Crippen molar-refractivity contribution in [2.24, 2.45) is 5.92 Å². The maximum atomic E-state index is 6.18. The average molecular weight is 642 g/mol. The first-order valence-corrected chi connectivity index (χ1v) is 26.5. The molecule has 0 aromatic carbocycles. The van der Waals surface area contributed by atoms with Gasteiger partial charge < -0.3 is 0 Å². The van der Waals surface area contributed by atoms with E-state index < -0.39 is 46.7 Å². The molecule has 0 aromatic rings. The van der Waals surface area contributed by atoms with Crippen molar-refractivity contribution in [3.05, 3.63) is 0 Å². The Labute approximate surface area is 130 Å². The van der Waals surface area contributed by atoms with Crippen LogP contribution >= 0.6 is 16.5 Å². The molecule has 0 saturated heterocycles. The molecule has 0 aliphatic heterocycles. The van der Waals surface area contributed by atoms with Crippen molar-refractivity contribution in [2.75, 3.05) is 14.2 Å². The Morgan fingerprint density at radius 2 is 2.06 bits per heavy atom. The summed E-state index contributed by atoms with van der Waals surface area (Å²) in [5, 5.41) is 0. The summed E-state index contributed by atoms with van der Waals surface area (Å²) in [6.07, 6.45) is 4.46. The summed E-state index contributed by atoms with van der Waals surface area (Å²) in [7, 11) is 15.8. The zero-order chi connectivity index (χ0) is 12.0. The van der Waals surface area contributed by atoms with Crippen molar-refractivity contribution >= 4 is 16.5 Å². The van der Waals surface area contributed by atoms with E-state index >= 15 is 0 Å². The Morgan fingerprint density at radius 3 is 2.56 bits per heavy atom. The Bertz CT molecular complexity index is 196. The van der Waals surface area contributed by atoms with Crippen LogP contribution in [0.1, 0.15) is 19.3 Å². The molecule has 4 atom stereocenters. The van der Waals surface area contributed by atoms with Crippen LogP contribution in [0.4, 0.5) is 0 Å². The van der Waals surface area contributed by atoms with Crippen molar-refractivity contribution in [1.82, 2.24) is 0 Å². The van der Waals surface area contributed by atoms with Gasteiger partial charge in [-0.05, 0) is 0 Å². The molecule has 6 heteroatoms. The third-order valence-corrected chi connectivity index (χ3v) is 17.3. The molecule has 0 radical (unpaired) electrons. The van der Waals surface area contributed by atoms with Crippen LogP contribution in [0.3, 0.4) is 0 Å². The molecule has 0 heterocycles. The van der Waals surface area contributed by atoms with E-state index in [1.54, 1.807) is 0 Å². The average Bonchev–Trinajstić information content (AvgIpc) is 2.35.